The van der Waals surface area contributed by atoms with E-state index in [9.17, 15) is 13.2 Å². The van der Waals surface area contributed by atoms with Crippen molar-refractivity contribution >= 4 is 16.2 Å². The summed E-state index contributed by atoms with van der Waals surface area (Å²) in [5, 5.41) is 0. The molecular formula is C11H23N3O4S. The van der Waals surface area contributed by atoms with Gasteiger partial charge in [-0.3, -0.25) is 4.79 Å². The number of rotatable bonds is 6. The highest BCUT2D eigenvalue weighted by Gasteiger charge is 2.33. The first-order chi connectivity index (χ1) is 8.93. The van der Waals surface area contributed by atoms with Gasteiger partial charge in [-0.1, -0.05) is 0 Å². The molecule has 112 valence electrons. The molecule has 19 heavy (non-hydrogen) atoms. The fourth-order valence-electron chi connectivity index (χ4n) is 2.08. The first kappa shape index (κ1) is 16.4. The molecule has 0 saturated carbocycles. The maximum Gasteiger partial charge on any atom is 0.309 e. The molecule has 1 aliphatic rings. The van der Waals surface area contributed by atoms with Gasteiger partial charge in [-0.15, -0.1) is 0 Å². The van der Waals surface area contributed by atoms with Crippen LogP contribution in [0.2, 0.25) is 0 Å². The Labute approximate surface area is 114 Å². The maximum absolute atomic E-state index is 12.2. The van der Waals surface area contributed by atoms with Crippen molar-refractivity contribution in [3.63, 3.8) is 0 Å². The van der Waals surface area contributed by atoms with Crippen LogP contribution in [0.1, 0.15) is 19.8 Å². The van der Waals surface area contributed by atoms with Gasteiger partial charge in [0.25, 0.3) is 10.2 Å². The van der Waals surface area contributed by atoms with Crippen molar-refractivity contribution in [3.8, 4) is 0 Å². The molecule has 1 heterocycles. The van der Waals surface area contributed by atoms with Crippen LogP contribution in [-0.2, 0) is 19.7 Å². The summed E-state index contributed by atoms with van der Waals surface area (Å²) < 4.78 is 31.9. The molecule has 0 spiro atoms. The lowest BCUT2D eigenvalue weighted by atomic mass is 9.98. The van der Waals surface area contributed by atoms with Gasteiger partial charge in [0.2, 0.25) is 0 Å². The van der Waals surface area contributed by atoms with Gasteiger partial charge < -0.3 is 10.5 Å². The molecule has 7 nitrogen and oxygen atoms in total. The highest BCUT2D eigenvalue weighted by Crippen LogP contribution is 2.21. The zero-order valence-electron chi connectivity index (χ0n) is 11.5. The third kappa shape index (κ3) is 4.13. The smallest absolute Gasteiger partial charge is 0.309 e. The third-order valence-corrected chi connectivity index (χ3v) is 5.23. The molecule has 1 fully saturated rings. The van der Waals surface area contributed by atoms with E-state index in [1.54, 1.807) is 6.92 Å². The molecule has 0 atom stereocenters. The Morgan fingerprint density at radius 2 is 2.00 bits per heavy atom. The van der Waals surface area contributed by atoms with E-state index in [0.29, 0.717) is 39.1 Å². The second kappa shape index (κ2) is 7.18. The van der Waals surface area contributed by atoms with Crippen molar-refractivity contribution in [3.05, 3.63) is 0 Å². The second-order valence-corrected chi connectivity index (χ2v) is 6.58. The molecule has 0 amide bonds. The van der Waals surface area contributed by atoms with E-state index in [-0.39, 0.29) is 18.4 Å². The number of carbonyl (C=O) groups excluding carboxylic acids is 1. The number of ether oxygens (including phenoxy) is 1. The fourth-order valence-corrected chi connectivity index (χ4v) is 3.48. The minimum absolute atomic E-state index is 0.189. The Balaban J connectivity index is 2.56. The number of hydrogen-bond donors (Lipinski definition) is 1. The van der Waals surface area contributed by atoms with Gasteiger partial charge in [0.15, 0.2) is 0 Å². The van der Waals surface area contributed by atoms with E-state index in [2.05, 4.69) is 0 Å². The van der Waals surface area contributed by atoms with Crippen LogP contribution >= 0.6 is 0 Å². The summed E-state index contributed by atoms with van der Waals surface area (Å²) in [6, 6.07) is 0. The number of esters is 1. The molecule has 0 aromatic carbocycles. The maximum atomic E-state index is 12.2. The van der Waals surface area contributed by atoms with Crippen molar-refractivity contribution in [2.75, 3.05) is 39.8 Å². The molecule has 1 saturated heterocycles. The van der Waals surface area contributed by atoms with E-state index >= 15 is 0 Å². The largest absolute Gasteiger partial charge is 0.466 e. The Morgan fingerprint density at radius 1 is 1.42 bits per heavy atom. The van der Waals surface area contributed by atoms with Crippen LogP contribution in [0.3, 0.4) is 0 Å². The fraction of sp³-hybridized carbons (Fsp3) is 0.909. The summed E-state index contributed by atoms with van der Waals surface area (Å²) >= 11 is 0. The van der Waals surface area contributed by atoms with Gasteiger partial charge in [0.1, 0.15) is 0 Å². The first-order valence-corrected chi connectivity index (χ1v) is 7.91. The standard InChI is InChI=1S/C11H23N3O4S/c1-3-18-11(15)10-4-7-14(8-5-10)19(16,17)13(2)9-6-12/h10H,3-9,12H2,1-2H3. The van der Waals surface area contributed by atoms with E-state index in [1.165, 1.54) is 15.7 Å². The van der Waals surface area contributed by atoms with Crippen molar-refractivity contribution < 1.29 is 17.9 Å². The van der Waals surface area contributed by atoms with Crippen molar-refractivity contribution in [1.29, 1.82) is 0 Å². The number of hydrogen-bond acceptors (Lipinski definition) is 5. The van der Waals surface area contributed by atoms with Gasteiger partial charge in [0.05, 0.1) is 12.5 Å². The lowest BCUT2D eigenvalue weighted by Gasteiger charge is -2.32. The summed E-state index contributed by atoms with van der Waals surface area (Å²) in [5.74, 6) is -0.416. The molecule has 0 bridgehead atoms. The molecule has 0 aliphatic carbocycles. The Hall–Kier alpha value is -0.700. The molecule has 0 unspecified atom stereocenters. The zero-order valence-corrected chi connectivity index (χ0v) is 12.4. The molecule has 2 N–H and O–H groups in total. The lowest BCUT2D eigenvalue weighted by molar-refractivity contribution is -0.149. The molecule has 0 aromatic rings. The summed E-state index contributed by atoms with van der Waals surface area (Å²) in [6.07, 6.45) is 1.02. The minimum atomic E-state index is -3.45. The van der Waals surface area contributed by atoms with Crippen LogP contribution in [0, 0.1) is 5.92 Å². The normalized spacial score (nSPS) is 18.7. The minimum Gasteiger partial charge on any atom is -0.466 e. The van der Waals surface area contributed by atoms with Crippen LogP contribution < -0.4 is 5.73 Å². The van der Waals surface area contributed by atoms with Gasteiger partial charge >= 0.3 is 5.97 Å². The Bertz CT molecular complexity index is 391. The monoisotopic (exact) mass is 293 g/mol. The van der Waals surface area contributed by atoms with Crippen LogP contribution in [-0.4, -0.2) is 62.8 Å². The molecule has 8 heteroatoms. The highest BCUT2D eigenvalue weighted by molar-refractivity contribution is 7.86. The summed E-state index contributed by atoms with van der Waals surface area (Å²) in [4.78, 5) is 11.6. The van der Waals surface area contributed by atoms with Gasteiger partial charge in [-0.05, 0) is 19.8 Å². The first-order valence-electron chi connectivity index (χ1n) is 6.51. The quantitative estimate of drug-likeness (QED) is 0.660. The summed E-state index contributed by atoms with van der Waals surface area (Å²) in [7, 11) is -1.94. The van der Waals surface area contributed by atoms with Crippen LogP contribution in [0.25, 0.3) is 0 Å². The van der Waals surface area contributed by atoms with E-state index in [4.69, 9.17) is 10.5 Å². The highest BCUT2D eigenvalue weighted by atomic mass is 32.2. The van der Waals surface area contributed by atoms with E-state index in [1.807, 2.05) is 0 Å². The average Bonchev–Trinajstić information content (AvgIpc) is 2.39. The third-order valence-electron chi connectivity index (χ3n) is 3.24. The number of carbonyl (C=O) groups is 1. The number of piperidine rings is 1. The molecular weight excluding hydrogens is 270 g/mol. The van der Waals surface area contributed by atoms with Gasteiger partial charge in [-0.25, -0.2) is 0 Å². The number of nitrogens with zero attached hydrogens (tertiary/aromatic N) is 2. The van der Waals surface area contributed by atoms with E-state index in [0.717, 1.165) is 0 Å². The van der Waals surface area contributed by atoms with Crippen LogP contribution in [0.5, 0.6) is 0 Å². The Morgan fingerprint density at radius 3 is 2.47 bits per heavy atom. The second-order valence-electron chi connectivity index (χ2n) is 4.54. The van der Waals surface area contributed by atoms with E-state index < -0.39 is 10.2 Å². The predicted molar refractivity (Wildman–Crippen MR) is 71.5 cm³/mol. The predicted octanol–water partition coefficient (Wildman–Crippen LogP) is -0.603. The van der Waals surface area contributed by atoms with Crippen molar-refractivity contribution in [2.24, 2.45) is 11.7 Å². The number of likely N-dealkylation sites (N-methyl/N-ethyl adjacent to an activating group) is 1. The number of nitrogens with two attached hydrogens (primary N) is 1. The summed E-state index contributed by atoms with van der Waals surface area (Å²) in [5.41, 5.74) is 5.36. The average molecular weight is 293 g/mol. The Kier molecular flexibility index (Phi) is 6.18. The van der Waals surface area contributed by atoms with Crippen LogP contribution in [0.4, 0.5) is 0 Å². The molecule has 1 aliphatic heterocycles. The molecule has 1 rings (SSSR count). The summed E-state index contributed by atoms with van der Waals surface area (Å²) in [6.45, 7) is 3.40. The van der Waals surface area contributed by atoms with Gasteiger partial charge in [0, 0.05) is 33.2 Å². The SMILES string of the molecule is CCOC(=O)C1CCN(S(=O)(=O)N(C)CCN)CC1. The topological polar surface area (TPSA) is 92.9 Å². The van der Waals surface area contributed by atoms with Crippen molar-refractivity contribution in [1.82, 2.24) is 8.61 Å². The lowest BCUT2D eigenvalue weighted by Crippen LogP contribution is -2.47. The molecule has 0 radical (unpaired) electrons. The van der Waals surface area contributed by atoms with Crippen molar-refractivity contribution in [2.45, 2.75) is 19.8 Å². The zero-order chi connectivity index (χ0) is 14.5. The van der Waals surface area contributed by atoms with Gasteiger partial charge in [-0.2, -0.15) is 17.0 Å². The molecule has 0 aromatic heterocycles. The van der Waals surface area contributed by atoms with Crippen LogP contribution in [0.15, 0.2) is 0 Å².